The molecule has 0 spiro atoms. The molecule has 0 aliphatic rings. The number of hydrogen-bond acceptors (Lipinski definition) is 11. The molecule has 0 radical (unpaired) electrons. The summed E-state index contributed by atoms with van der Waals surface area (Å²) in [5.41, 5.74) is 3.37. The summed E-state index contributed by atoms with van der Waals surface area (Å²) in [6, 6.07) is 7.32. The smallest absolute Gasteiger partial charge is 0.134 e. The van der Waals surface area contributed by atoms with Crippen LogP contribution in [0.4, 0.5) is 0 Å². The standard InChI is InChI=1S/C30H40O10S/c1-31-9-11-39-17-21-22(18-40-12-10-32-2)30(28-25(37-7)15-20(34-4)16-26(28)38-8)41-29(21)27-23(35-5)13-19(33-3)14-24(27)36-6/h13-16H,9-12,17-18H2,1-8H3. The lowest BCUT2D eigenvalue weighted by molar-refractivity contribution is 0.0539. The fourth-order valence-corrected chi connectivity index (χ4v) is 5.72. The average Bonchev–Trinajstić information content (AvgIpc) is 3.36. The Labute approximate surface area is 245 Å². The average molecular weight is 593 g/mol. The lowest BCUT2D eigenvalue weighted by Gasteiger charge is -2.17. The molecule has 0 saturated heterocycles. The normalized spacial score (nSPS) is 10.9. The number of methoxy groups -OCH3 is 8. The van der Waals surface area contributed by atoms with Gasteiger partial charge in [0.1, 0.15) is 34.5 Å². The van der Waals surface area contributed by atoms with E-state index < -0.39 is 0 Å². The van der Waals surface area contributed by atoms with Crippen LogP contribution in [-0.2, 0) is 32.2 Å². The molecule has 1 heterocycles. The Hall–Kier alpha value is -3.22. The van der Waals surface area contributed by atoms with Crippen LogP contribution in [0.3, 0.4) is 0 Å². The maximum Gasteiger partial charge on any atom is 0.134 e. The van der Waals surface area contributed by atoms with Gasteiger partial charge in [-0.05, 0) is 0 Å². The number of benzene rings is 2. The number of ether oxygens (including phenoxy) is 10. The van der Waals surface area contributed by atoms with Gasteiger partial charge in [-0.1, -0.05) is 0 Å². The van der Waals surface area contributed by atoms with Crippen molar-refractivity contribution in [1.82, 2.24) is 0 Å². The fraction of sp³-hybridized carbons (Fsp3) is 0.467. The number of rotatable bonds is 18. The zero-order valence-electron chi connectivity index (χ0n) is 25.0. The highest BCUT2D eigenvalue weighted by Crippen LogP contribution is 2.54. The number of thiophene rings is 1. The van der Waals surface area contributed by atoms with Gasteiger partial charge in [0.05, 0.1) is 93.4 Å². The summed E-state index contributed by atoms with van der Waals surface area (Å²) >= 11 is 1.54. The minimum Gasteiger partial charge on any atom is -0.496 e. The van der Waals surface area contributed by atoms with Crippen molar-refractivity contribution < 1.29 is 47.4 Å². The van der Waals surface area contributed by atoms with Gasteiger partial charge in [-0.2, -0.15) is 0 Å². The third-order valence-electron chi connectivity index (χ3n) is 6.36. The van der Waals surface area contributed by atoms with Gasteiger partial charge in [0, 0.05) is 59.4 Å². The third kappa shape index (κ3) is 7.55. The van der Waals surface area contributed by atoms with Gasteiger partial charge in [0.25, 0.3) is 0 Å². The first-order valence-corrected chi connectivity index (χ1v) is 13.7. The van der Waals surface area contributed by atoms with Gasteiger partial charge in [-0.15, -0.1) is 11.3 Å². The molecule has 3 aromatic rings. The molecule has 0 unspecified atom stereocenters. The van der Waals surface area contributed by atoms with Crippen molar-refractivity contribution in [3.63, 3.8) is 0 Å². The van der Waals surface area contributed by atoms with E-state index in [1.165, 1.54) is 0 Å². The second kappa shape index (κ2) is 16.3. The van der Waals surface area contributed by atoms with Crippen LogP contribution in [0.2, 0.25) is 0 Å². The highest BCUT2D eigenvalue weighted by molar-refractivity contribution is 7.19. The molecule has 10 nitrogen and oxygen atoms in total. The predicted octanol–water partition coefficient (Wildman–Crippen LogP) is 5.46. The van der Waals surface area contributed by atoms with Crippen LogP contribution in [0.1, 0.15) is 11.1 Å². The van der Waals surface area contributed by atoms with Crippen molar-refractivity contribution in [3.8, 4) is 55.4 Å². The van der Waals surface area contributed by atoms with Crippen molar-refractivity contribution in [2.24, 2.45) is 0 Å². The highest BCUT2D eigenvalue weighted by Gasteiger charge is 2.29. The minimum atomic E-state index is 0.289. The maximum atomic E-state index is 6.09. The first kappa shape index (κ1) is 32.3. The summed E-state index contributed by atoms with van der Waals surface area (Å²) in [5.74, 6) is 3.58. The van der Waals surface area contributed by atoms with E-state index in [1.807, 2.05) is 24.3 Å². The first-order chi connectivity index (χ1) is 20.0. The zero-order chi connectivity index (χ0) is 29.8. The van der Waals surface area contributed by atoms with Crippen molar-refractivity contribution >= 4 is 11.3 Å². The van der Waals surface area contributed by atoms with Crippen molar-refractivity contribution in [2.45, 2.75) is 13.2 Å². The Kier molecular flexibility index (Phi) is 12.8. The fourth-order valence-electron chi connectivity index (χ4n) is 4.30. The summed E-state index contributed by atoms with van der Waals surface area (Å²) in [6.45, 7) is 2.32. The van der Waals surface area contributed by atoms with E-state index in [0.29, 0.717) is 60.9 Å². The second-order valence-corrected chi connectivity index (χ2v) is 9.64. The zero-order valence-corrected chi connectivity index (χ0v) is 25.9. The predicted molar refractivity (Wildman–Crippen MR) is 158 cm³/mol. The molecule has 0 amide bonds. The van der Waals surface area contributed by atoms with Crippen LogP contribution in [0.5, 0.6) is 34.5 Å². The van der Waals surface area contributed by atoms with Gasteiger partial charge < -0.3 is 47.4 Å². The Morgan fingerprint density at radius 2 is 0.805 bits per heavy atom. The summed E-state index contributed by atoms with van der Waals surface area (Å²) in [5, 5.41) is 0. The third-order valence-corrected chi connectivity index (χ3v) is 7.67. The molecule has 1 aromatic heterocycles. The summed E-state index contributed by atoms with van der Waals surface area (Å²) in [6.07, 6.45) is 0. The monoisotopic (exact) mass is 592 g/mol. The van der Waals surface area contributed by atoms with E-state index in [2.05, 4.69) is 0 Å². The summed E-state index contributed by atoms with van der Waals surface area (Å²) in [4.78, 5) is 1.78. The van der Waals surface area contributed by atoms with Crippen molar-refractivity contribution in [1.29, 1.82) is 0 Å². The minimum absolute atomic E-state index is 0.289. The van der Waals surface area contributed by atoms with Crippen LogP contribution in [0.25, 0.3) is 20.9 Å². The maximum absolute atomic E-state index is 6.09. The van der Waals surface area contributed by atoms with E-state index in [-0.39, 0.29) is 13.2 Å². The van der Waals surface area contributed by atoms with Gasteiger partial charge in [-0.25, -0.2) is 0 Å². The largest absolute Gasteiger partial charge is 0.496 e. The van der Waals surface area contributed by atoms with Crippen LogP contribution in [0.15, 0.2) is 24.3 Å². The molecule has 41 heavy (non-hydrogen) atoms. The van der Waals surface area contributed by atoms with Gasteiger partial charge in [0.15, 0.2) is 0 Å². The Balaban J connectivity index is 2.38. The lowest BCUT2D eigenvalue weighted by atomic mass is 10.00. The van der Waals surface area contributed by atoms with E-state index in [0.717, 1.165) is 32.0 Å². The molecule has 0 saturated carbocycles. The Morgan fingerprint density at radius 1 is 0.463 bits per heavy atom. The molecule has 0 bridgehead atoms. The molecule has 0 aliphatic carbocycles. The van der Waals surface area contributed by atoms with Gasteiger partial charge in [-0.3, -0.25) is 0 Å². The van der Waals surface area contributed by atoms with Crippen LogP contribution >= 0.6 is 11.3 Å². The quantitative estimate of drug-likeness (QED) is 0.177. The molecule has 0 aliphatic heterocycles. The van der Waals surface area contributed by atoms with Crippen LogP contribution in [0, 0.1) is 0 Å². The molecule has 3 rings (SSSR count). The Morgan fingerprint density at radius 3 is 1.07 bits per heavy atom. The topological polar surface area (TPSA) is 92.3 Å². The van der Waals surface area contributed by atoms with E-state index in [4.69, 9.17) is 47.4 Å². The molecule has 226 valence electrons. The Bertz CT molecular complexity index is 1110. The molecular formula is C30H40O10S. The van der Waals surface area contributed by atoms with Gasteiger partial charge >= 0.3 is 0 Å². The molecule has 0 atom stereocenters. The molecule has 0 N–H and O–H groups in total. The van der Waals surface area contributed by atoms with E-state index in [9.17, 15) is 0 Å². The van der Waals surface area contributed by atoms with Crippen molar-refractivity contribution in [2.75, 3.05) is 83.3 Å². The molecule has 11 heteroatoms. The second-order valence-electron chi connectivity index (χ2n) is 8.62. The van der Waals surface area contributed by atoms with Crippen molar-refractivity contribution in [3.05, 3.63) is 35.4 Å². The molecule has 2 aromatic carbocycles. The van der Waals surface area contributed by atoms with Crippen LogP contribution < -0.4 is 28.4 Å². The highest BCUT2D eigenvalue weighted by atomic mass is 32.1. The molecule has 0 fully saturated rings. The number of hydrogen-bond donors (Lipinski definition) is 0. The van der Waals surface area contributed by atoms with Gasteiger partial charge in [0.2, 0.25) is 0 Å². The van der Waals surface area contributed by atoms with E-state index >= 15 is 0 Å². The van der Waals surface area contributed by atoms with E-state index in [1.54, 1.807) is 68.2 Å². The summed E-state index contributed by atoms with van der Waals surface area (Å²) < 4.78 is 57.0. The molecular weight excluding hydrogens is 552 g/mol. The SMILES string of the molecule is COCCOCc1c(-c2c(OC)cc(OC)cc2OC)sc(-c2c(OC)cc(OC)cc2OC)c1COCCOC. The summed E-state index contributed by atoms with van der Waals surface area (Å²) in [7, 11) is 12.9. The first-order valence-electron chi connectivity index (χ1n) is 12.9. The van der Waals surface area contributed by atoms with Crippen LogP contribution in [-0.4, -0.2) is 83.3 Å². The lowest BCUT2D eigenvalue weighted by Crippen LogP contribution is -2.07.